The number of nitrogens with two attached hydrogens (primary N) is 1. The molecule has 1 aromatic heterocycles. The number of fused-ring (bicyclic) bond motifs is 1. The lowest BCUT2D eigenvalue weighted by atomic mass is 10.0. The van der Waals surface area contributed by atoms with Crippen LogP contribution in [0.5, 0.6) is 0 Å². The normalized spacial score (nSPS) is 10.8. The quantitative estimate of drug-likeness (QED) is 0.487. The number of nitro groups is 1. The van der Waals surface area contributed by atoms with Crippen molar-refractivity contribution in [2.45, 2.75) is 19.3 Å². The van der Waals surface area contributed by atoms with Crippen LogP contribution in [0.3, 0.4) is 0 Å². The number of para-hydroxylation sites is 1. The van der Waals surface area contributed by atoms with E-state index in [1.165, 1.54) is 0 Å². The van der Waals surface area contributed by atoms with Crippen LogP contribution in [-0.4, -0.2) is 21.6 Å². The second-order valence-electron chi connectivity index (χ2n) is 4.28. The van der Waals surface area contributed by atoms with Crippen LogP contribution in [-0.2, 0) is 6.42 Å². The molecule has 0 aliphatic heterocycles. The van der Waals surface area contributed by atoms with Crippen LogP contribution in [0, 0.1) is 10.1 Å². The number of aliphatic hydroxyl groups excluding tert-OH is 1. The third kappa shape index (κ3) is 2.63. The zero-order chi connectivity index (χ0) is 13.8. The van der Waals surface area contributed by atoms with Gasteiger partial charge in [-0.15, -0.1) is 0 Å². The van der Waals surface area contributed by atoms with Crippen LogP contribution in [0.2, 0.25) is 0 Å². The van der Waals surface area contributed by atoms with E-state index in [9.17, 15) is 10.1 Å². The number of benzene rings is 1. The topological polar surface area (TPSA) is 102 Å². The Morgan fingerprint density at radius 3 is 2.74 bits per heavy atom. The number of nitrogens with zero attached hydrogens (tertiary/aromatic N) is 2. The van der Waals surface area contributed by atoms with Crippen molar-refractivity contribution in [3.63, 3.8) is 0 Å². The molecule has 0 aliphatic rings. The van der Waals surface area contributed by atoms with E-state index in [1.54, 1.807) is 6.07 Å². The predicted octanol–water partition coefficient (Wildman–Crippen LogP) is 2.04. The highest BCUT2D eigenvalue weighted by molar-refractivity contribution is 5.88. The summed E-state index contributed by atoms with van der Waals surface area (Å²) < 4.78 is 0. The van der Waals surface area contributed by atoms with Gasteiger partial charge in [0.2, 0.25) is 5.82 Å². The van der Waals surface area contributed by atoms with Gasteiger partial charge in [-0.3, -0.25) is 10.1 Å². The van der Waals surface area contributed by atoms with Crippen molar-refractivity contribution in [1.29, 1.82) is 0 Å². The van der Waals surface area contributed by atoms with Gasteiger partial charge in [0.1, 0.15) is 0 Å². The average molecular weight is 261 g/mol. The molecule has 0 unspecified atom stereocenters. The molecule has 6 nitrogen and oxygen atoms in total. The summed E-state index contributed by atoms with van der Waals surface area (Å²) in [7, 11) is 0. The molecule has 0 spiro atoms. The minimum atomic E-state index is -0.483. The molecule has 19 heavy (non-hydrogen) atoms. The molecular weight excluding hydrogens is 246 g/mol. The molecule has 6 heteroatoms. The first-order valence-electron chi connectivity index (χ1n) is 6.07. The van der Waals surface area contributed by atoms with E-state index in [1.807, 2.05) is 18.2 Å². The zero-order valence-corrected chi connectivity index (χ0v) is 10.4. The van der Waals surface area contributed by atoms with Crippen molar-refractivity contribution in [3.8, 4) is 0 Å². The summed E-state index contributed by atoms with van der Waals surface area (Å²) in [5.74, 6) is -0.0531. The molecule has 2 rings (SSSR count). The fraction of sp³-hybridized carbons (Fsp3) is 0.308. The summed E-state index contributed by atoms with van der Waals surface area (Å²) >= 11 is 0. The monoisotopic (exact) mass is 261 g/mol. The smallest absolute Gasteiger partial charge is 0.314 e. The Morgan fingerprint density at radius 2 is 2.05 bits per heavy atom. The molecule has 2 aromatic rings. The van der Waals surface area contributed by atoms with Gasteiger partial charge in [0.15, 0.2) is 0 Å². The van der Waals surface area contributed by atoms with Crippen LogP contribution >= 0.6 is 0 Å². The van der Waals surface area contributed by atoms with Gasteiger partial charge in [-0.2, -0.15) is 0 Å². The number of aliphatic hydroxyl groups is 1. The van der Waals surface area contributed by atoms with Crippen molar-refractivity contribution in [2.24, 2.45) is 0 Å². The Kier molecular flexibility index (Phi) is 3.91. The van der Waals surface area contributed by atoms with E-state index < -0.39 is 4.92 Å². The van der Waals surface area contributed by atoms with E-state index in [2.05, 4.69) is 4.98 Å². The van der Waals surface area contributed by atoms with Gasteiger partial charge in [-0.1, -0.05) is 18.2 Å². The zero-order valence-electron chi connectivity index (χ0n) is 10.4. The minimum Gasteiger partial charge on any atom is -0.396 e. The molecule has 1 aromatic carbocycles. The van der Waals surface area contributed by atoms with Gasteiger partial charge in [0.05, 0.1) is 10.4 Å². The van der Waals surface area contributed by atoms with Crippen LogP contribution in [0.1, 0.15) is 18.4 Å². The highest BCUT2D eigenvalue weighted by Gasteiger charge is 2.22. The van der Waals surface area contributed by atoms with Crippen LogP contribution < -0.4 is 5.73 Å². The number of unbranched alkanes of at least 4 members (excludes halogenated alkanes) is 1. The highest BCUT2D eigenvalue weighted by Crippen LogP contribution is 2.32. The maximum atomic E-state index is 11.2. The Morgan fingerprint density at radius 1 is 1.32 bits per heavy atom. The average Bonchev–Trinajstić information content (AvgIpc) is 2.38. The fourth-order valence-corrected chi connectivity index (χ4v) is 2.16. The largest absolute Gasteiger partial charge is 0.396 e. The molecule has 0 bridgehead atoms. The predicted molar refractivity (Wildman–Crippen MR) is 72.8 cm³/mol. The van der Waals surface area contributed by atoms with Gasteiger partial charge in [0, 0.05) is 17.6 Å². The van der Waals surface area contributed by atoms with Gasteiger partial charge in [-0.05, 0) is 25.3 Å². The number of pyridine rings is 1. The maximum Gasteiger partial charge on any atom is 0.314 e. The maximum absolute atomic E-state index is 11.2. The first-order chi connectivity index (χ1) is 9.15. The summed E-state index contributed by atoms with van der Waals surface area (Å²) in [5, 5.41) is 20.7. The number of rotatable bonds is 5. The second-order valence-corrected chi connectivity index (χ2v) is 4.28. The number of anilines is 1. The number of nitrogen functional groups attached to an aromatic ring is 1. The third-order valence-electron chi connectivity index (χ3n) is 3.02. The van der Waals surface area contributed by atoms with Crippen molar-refractivity contribution < 1.29 is 10.0 Å². The molecule has 0 saturated heterocycles. The Bertz CT molecular complexity index is 613. The van der Waals surface area contributed by atoms with E-state index in [4.69, 9.17) is 10.8 Å². The number of aromatic nitrogens is 1. The molecular formula is C13H15N3O3. The van der Waals surface area contributed by atoms with Gasteiger partial charge >= 0.3 is 5.69 Å². The third-order valence-corrected chi connectivity index (χ3v) is 3.02. The first-order valence-corrected chi connectivity index (χ1v) is 6.07. The Labute approximate surface area is 110 Å². The summed E-state index contributed by atoms with van der Waals surface area (Å²) in [6.45, 7) is 0.0757. The number of hydrogen-bond acceptors (Lipinski definition) is 5. The van der Waals surface area contributed by atoms with Crippen molar-refractivity contribution in [3.05, 3.63) is 39.9 Å². The molecule has 0 atom stereocenters. The number of hydrogen-bond donors (Lipinski definition) is 2. The standard InChI is InChI=1S/C13H15N3O3/c14-13-12(16(18)19)10(6-3-4-8-17)9-5-1-2-7-11(9)15-13/h1-2,5,7,17H,3-4,6,8H2,(H2,14,15). The van der Waals surface area contributed by atoms with Crippen LogP contribution in [0.15, 0.2) is 24.3 Å². The lowest BCUT2D eigenvalue weighted by Gasteiger charge is -2.08. The van der Waals surface area contributed by atoms with Crippen molar-refractivity contribution in [2.75, 3.05) is 12.3 Å². The van der Waals surface area contributed by atoms with E-state index >= 15 is 0 Å². The molecule has 3 N–H and O–H groups in total. The summed E-state index contributed by atoms with van der Waals surface area (Å²) in [6, 6.07) is 7.23. The van der Waals surface area contributed by atoms with Crippen LogP contribution in [0.4, 0.5) is 11.5 Å². The lowest BCUT2D eigenvalue weighted by Crippen LogP contribution is -2.04. The molecule has 0 aliphatic carbocycles. The minimum absolute atomic E-state index is 0.0531. The summed E-state index contributed by atoms with van der Waals surface area (Å²) in [6.07, 6.45) is 1.78. The molecule has 0 radical (unpaired) electrons. The fourth-order valence-electron chi connectivity index (χ4n) is 2.16. The molecule has 1 heterocycles. The van der Waals surface area contributed by atoms with Gasteiger partial charge < -0.3 is 10.8 Å². The SMILES string of the molecule is Nc1nc2ccccc2c(CCCCO)c1[N+](=O)[O-]. The van der Waals surface area contributed by atoms with E-state index in [-0.39, 0.29) is 18.1 Å². The summed E-state index contributed by atoms with van der Waals surface area (Å²) in [5.41, 5.74) is 6.83. The van der Waals surface area contributed by atoms with E-state index in [0.29, 0.717) is 30.3 Å². The van der Waals surface area contributed by atoms with Gasteiger partial charge in [-0.25, -0.2) is 4.98 Å². The first kappa shape index (κ1) is 13.2. The summed E-state index contributed by atoms with van der Waals surface area (Å²) in [4.78, 5) is 14.7. The van der Waals surface area contributed by atoms with Gasteiger partial charge in [0.25, 0.3) is 0 Å². The molecule has 0 amide bonds. The highest BCUT2D eigenvalue weighted by atomic mass is 16.6. The molecule has 100 valence electrons. The van der Waals surface area contributed by atoms with Crippen molar-refractivity contribution >= 4 is 22.4 Å². The molecule has 0 fully saturated rings. The van der Waals surface area contributed by atoms with E-state index in [0.717, 1.165) is 5.39 Å². The van der Waals surface area contributed by atoms with Crippen molar-refractivity contribution in [1.82, 2.24) is 4.98 Å². The second kappa shape index (κ2) is 5.62. The molecule has 0 saturated carbocycles. The van der Waals surface area contributed by atoms with Crippen LogP contribution in [0.25, 0.3) is 10.9 Å². The Balaban J connectivity index is 2.59. The number of aryl methyl sites for hydroxylation is 1. The lowest BCUT2D eigenvalue weighted by molar-refractivity contribution is -0.384. The Hall–Kier alpha value is -2.21.